The first kappa shape index (κ1) is 14.6. The standard InChI is InChI=1S/C19H26O3/c1-10-7-14-11(13-9-17(21)16(20)8-12(10)13)5-6-19(2)15(14)3-4-18(19)22/h8,10-11,13-15,17,21H,3-7,9H2,1-2H3/t10-,11+,13+,14+,15-,17?,19-/m0/s1. The molecule has 1 N–H and O–H groups in total. The van der Waals surface area contributed by atoms with Gasteiger partial charge in [0.15, 0.2) is 5.78 Å². The van der Waals surface area contributed by atoms with E-state index in [9.17, 15) is 14.7 Å². The molecule has 3 fully saturated rings. The molecule has 0 radical (unpaired) electrons. The van der Waals surface area contributed by atoms with Crippen molar-refractivity contribution in [2.45, 2.75) is 58.5 Å². The predicted molar refractivity (Wildman–Crippen MR) is 83.0 cm³/mol. The number of aliphatic hydroxyl groups excluding tert-OH is 1. The van der Waals surface area contributed by atoms with Gasteiger partial charge in [-0.2, -0.15) is 0 Å². The minimum Gasteiger partial charge on any atom is -0.385 e. The summed E-state index contributed by atoms with van der Waals surface area (Å²) in [5, 5.41) is 10.0. The van der Waals surface area contributed by atoms with Crippen LogP contribution < -0.4 is 0 Å². The molecule has 3 saturated carbocycles. The third kappa shape index (κ3) is 1.84. The summed E-state index contributed by atoms with van der Waals surface area (Å²) in [6.45, 7) is 4.42. The Kier molecular flexibility index (Phi) is 3.17. The second-order valence-corrected chi connectivity index (χ2v) is 8.39. The van der Waals surface area contributed by atoms with Crippen molar-refractivity contribution in [3.63, 3.8) is 0 Å². The van der Waals surface area contributed by atoms with Gasteiger partial charge in [0.2, 0.25) is 0 Å². The number of hydrogen-bond donors (Lipinski definition) is 1. The Morgan fingerprint density at radius 2 is 1.95 bits per heavy atom. The minimum absolute atomic E-state index is 0.0921. The van der Waals surface area contributed by atoms with Crippen LogP contribution in [-0.2, 0) is 9.59 Å². The van der Waals surface area contributed by atoms with Crippen molar-refractivity contribution >= 4 is 11.6 Å². The van der Waals surface area contributed by atoms with Gasteiger partial charge in [0.25, 0.3) is 0 Å². The molecule has 4 aliphatic rings. The molecular formula is C19H26O3. The van der Waals surface area contributed by atoms with Crippen LogP contribution in [0.2, 0.25) is 0 Å². The van der Waals surface area contributed by atoms with E-state index in [2.05, 4.69) is 13.8 Å². The molecule has 0 aromatic rings. The zero-order valence-corrected chi connectivity index (χ0v) is 13.5. The molecule has 0 spiro atoms. The highest BCUT2D eigenvalue weighted by Crippen LogP contribution is 2.61. The average molecular weight is 302 g/mol. The molecule has 3 heteroatoms. The van der Waals surface area contributed by atoms with Crippen LogP contribution in [0.1, 0.15) is 52.4 Å². The van der Waals surface area contributed by atoms with Crippen molar-refractivity contribution in [1.29, 1.82) is 0 Å². The quantitative estimate of drug-likeness (QED) is 0.748. The predicted octanol–water partition coefficient (Wildman–Crippen LogP) is 2.91. The Hall–Kier alpha value is -0.960. The minimum atomic E-state index is -0.807. The molecule has 0 bridgehead atoms. The lowest BCUT2D eigenvalue weighted by molar-refractivity contribution is -0.132. The third-order valence-corrected chi connectivity index (χ3v) is 7.46. The first-order valence-electron chi connectivity index (χ1n) is 8.88. The number of aliphatic hydroxyl groups is 1. The third-order valence-electron chi connectivity index (χ3n) is 7.46. The van der Waals surface area contributed by atoms with Gasteiger partial charge in [-0.3, -0.25) is 9.59 Å². The summed E-state index contributed by atoms with van der Waals surface area (Å²) in [6.07, 6.45) is 6.55. The van der Waals surface area contributed by atoms with E-state index in [-0.39, 0.29) is 11.2 Å². The van der Waals surface area contributed by atoms with Gasteiger partial charge < -0.3 is 5.11 Å². The van der Waals surface area contributed by atoms with E-state index < -0.39 is 6.10 Å². The summed E-state index contributed by atoms with van der Waals surface area (Å²) >= 11 is 0. The topological polar surface area (TPSA) is 54.4 Å². The van der Waals surface area contributed by atoms with Crippen LogP contribution in [0.5, 0.6) is 0 Å². The van der Waals surface area contributed by atoms with Crippen molar-refractivity contribution in [3.05, 3.63) is 11.6 Å². The second kappa shape index (κ2) is 4.77. The molecule has 0 aromatic heterocycles. The van der Waals surface area contributed by atoms with Gasteiger partial charge >= 0.3 is 0 Å². The van der Waals surface area contributed by atoms with Crippen LogP contribution in [0, 0.1) is 35.0 Å². The number of ketones is 2. The molecule has 4 aliphatic carbocycles. The van der Waals surface area contributed by atoms with Crippen molar-refractivity contribution < 1.29 is 14.7 Å². The Morgan fingerprint density at radius 3 is 2.73 bits per heavy atom. The number of carbonyl (C=O) groups excluding carboxylic acids is 2. The van der Waals surface area contributed by atoms with Gasteiger partial charge in [0.1, 0.15) is 11.9 Å². The zero-order chi connectivity index (χ0) is 15.6. The molecule has 120 valence electrons. The molecule has 0 amide bonds. The van der Waals surface area contributed by atoms with Crippen LogP contribution in [0.4, 0.5) is 0 Å². The van der Waals surface area contributed by atoms with Crippen LogP contribution in [0.25, 0.3) is 0 Å². The number of Topliss-reactive ketones (excluding diaryl/α,β-unsaturated/α-hetero) is 1. The van der Waals surface area contributed by atoms with Crippen LogP contribution >= 0.6 is 0 Å². The Labute approximate surface area is 132 Å². The van der Waals surface area contributed by atoms with E-state index in [0.717, 1.165) is 32.1 Å². The summed E-state index contributed by atoms with van der Waals surface area (Å²) in [5.41, 5.74) is 1.19. The highest BCUT2D eigenvalue weighted by atomic mass is 16.3. The number of fused-ring (bicyclic) bond motifs is 5. The molecule has 0 aromatic carbocycles. The maximum absolute atomic E-state index is 12.4. The Balaban J connectivity index is 1.69. The molecule has 4 rings (SSSR count). The van der Waals surface area contributed by atoms with E-state index in [1.807, 2.05) is 0 Å². The van der Waals surface area contributed by atoms with Gasteiger partial charge in [-0.1, -0.05) is 19.4 Å². The molecule has 22 heavy (non-hydrogen) atoms. The summed E-state index contributed by atoms with van der Waals surface area (Å²) < 4.78 is 0. The fraction of sp³-hybridized carbons (Fsp3) is 0.789. The molecule has 3 nitrogen and oxygen atoms in total. The van der Waals surface area contributed by atoms with Crippen LogP contribution in [-0.4, -0.2) is 22.8 Å². The first-order valence-corrected chi connectivity index (χ1v) is 8.88. The Bertz CT molecular complexity index is 563. The molecular weight excluding hydrogens is 276 g/mol. The van der Waals surface area contributed by atoms with Crippen LogP contribution in [0.3, 0.4) is 0 Å². The molecule has 0 aliphatic heterocycles. The molecule has 7 atom stereocenters. The SMILES string of the molecule is C[C@H]1C[C@@H]2[C@H](CC[C@]3(C)C(=O)CC[C@@H]23)[C@H]2CC(O)C(=O)C=C12. The normalized spacial score (nSPS) is 51.0. The van der Waals surface area contributed by atoms with E-state index in [1.54, 1.807) is 6.08 Å². The fourth-order valence-electron chi connectivity index (χ4n) is 6.26. The maximum Gasteiger partial charge on any atom is 0.184 e. The van der Waals surface area contributed by atoms with Gasteiger partial charge in [0.05, 0.1) is 0 Å². The summed E-state index contributed by atoms with van der Waals surface area (Å²) in [5.74, 6) is 2.84. The van der Waals surface area contributed by atoms with Crippen molar-refractivity contribution in [2.75, 3.05) is 0 Å². The molecule has 1 unspecified atom stereocenters. The van der Waals surface area contributed by atoms with E-state index >= 15 is 0 Å². The lowest BCUT2D eigenvalue weighted by atomic mass is 9.50. The van der Waals surface area contributed by atoms with Gasteiger partial charge in [-0.15, -0.1) is 0 Å². The summed E-state index contributed by atoms with van der Waals surface area (Å²) in [7, 11) is 0. The van der Waals surface area contributed by atoms with Crippen molar-refractivity contribution in [2.24, 2.45) is 35.0 Å². The van der Waals surface area contributed by atoms with Crippen LogP contribution in [0.15, 0.2) is 11.6 Å². The highest BCUT2D eigenvalue weighted by molar-refractivity contribution is 5.95. The van der Waals surface area contributed by atoms with Crippen molar-refractivity contribution in [1.82, 2.24) is 0 Å². The second-order valence-electron chi connectivity index (χ2n) is 8.39. The number of carbonyl (C=O) groups is 2. The molecule has 0 saturated heterocycles. The summed E-state index contributed by atoms with van der Waals surface area (Å²) in [6, 6.07) is 0. The lowest BCUT2D eigenvalue weighted by Gasteiger charge is -2.54. The number of rotatable bonds is 0. The van der Waals surface area contributed by atoms with Crippen molar-refractivity contribution in [3.8, 4) is 0 Å². The highest BCUT2D eigenvalue weighted by Gasteiger charge is 2.57. The monoisotopic (exact) mass is 302 g/mol. The number of allylic oxidation sites excluding steroid dienone is 1. The van der Waals surface area contributed by atoms with Gasteiger partial charge in [0, 0.05) is 11.8 Å². The first-order chi connectivity index (χ1) is 10.4. The zero-order valence-electron chi connectivity index (χ0n) is 13.5. The van der Waals surface area contributed by atoms with E-state index in [1.165, 1.54) is 5.57 Å². The van der Waals surface area contributed by atoms with E-state index in [0.29, 0.717) is 41.8 Å². The number of hydrogen-bond acceptors (Lipinski definition) is 3. The molecule has 0 heterocycles. The van der Waals surface area contributed by atoms with Gasteiger partial charge in [-0.05, 0) is 67.8 Å². The maximum atomic E-state index is 12.4. The van der Waals surface area contributed by atoms with Gasteiger partial charge in [-0.25, -0.2) is 0 Å². The Morgan fingerprint density at radius 1 is 1.18 bits per heavy atom. The average Bonchev–Trinajstić information content (AvgIpc) is 2.78. The fourth-order valence-corrected chi connectivity index (χ4v) is 6.26. The smallest absolute Gasteiger partial charge is 0.184 e. The lowest BCUT2D eigenvalue weighted by Crippen LogP contribution is -2.49. The summed E-state index contributed by atoms with van der Waals surface area (Å²) in [4.78, 5) is 24.2. The van der Waals surface area contributed by atoms with E-state index in [4.69, 9.17) is 0 Å². The largest absolute Gasteiger partial charge is 0.385 e.